The van der Waals surface area contributed by atoms with Crippen LogP contribution in [-0.4, -0.2) is 44.3 Å². The lowest BCUT2D eigenvalue weighted by Crippen LogP contribution is -2.51. The summed E-state index contributed by atoms with van der Waals surface area (Å²) in [4.78, 5) is 28.4. The molecule has 0 aromatic heterocycles. The number of carbonyl (C=O) groups excluding carboxylic acids is 2. The van der Waals surface area contributed by atoms with Crippen LogP contribution in [0.2, 0.25) is 10.0 Å². The van der Waals surface area contributed by atoms with Crippen molar-refractivity contribution in [3.05, 3.63) is 93.5 Å². The summed E-state index contributed by atoms with van der Waals surface area (Å²) in [6.07, 6.45) is 1.72. The van der Waals surface area contributed by atoms with Gasteiger partial charge >= 0.3 is 0 Å². The second-order valence-corrected chi connectivity index (χ2v) is 12.4. The molecule has 2 amide bonds. The molecule has 10 heteroatoms. The maximum atomic E-state index is 14.0. The number of carbonyl (C=O) groups is 2. The highest BCUT2D eigenvalue weighted by Crippen LogP contribution is 2.35. The number of anilines is 1. The first kappa shape index (κ1) is 31.5. The summed E-state index contributed by atoms with van der Waals surface area (Å²) in [5.74, 6) is -0.880. The summed E-state index contributed by atoms with van der Waals surface area (Å²) in [5, 5.41) is 3.03. The predicted molar refractivity (Wildman–Crippen MR) is 161 cm³/mol. The third kappa shape index (κ3) is 7.77. The van der Waals surface area contributed by atoms with Gasteiger partial charge in [-0.25, -0.2) is 8.42 Å². The molecule has 0 heterocycles. The first-order chi connectivity index (χ1) is 18.9. The van der Waals surface area contributed by atoms with Gasteiger partial charge in [-0.1, -0.05) is 90.1 Å². The number of sulfonamides is 1. The van der Waals surface area contributed by atoms with E-state index in [0.717, 1.165) is 33.8 Å². The molecule has 1 N–H and O–H groups in total. The third-order valence-electron chi connectivity index (χ3n) is 6.52. The van der Waals surface area contributed by atoms with Gasteiger partial charge in [-0.05, 0) is 57.0 Å². The Hall–Kier alpha value is -3.07. The van der Waals surface area contributed by atoms with Crippen LogP contribution in [0.4, 0.5) is 5.69 Å². The Balaban J connectivity index is 2.04. The lowest BCUT2D eigenvalue weighted by Gasteiger charge is -2.32. The zero-order valence-electron chi connectivity index (χ0n) is 23.2. The molecule has 0 saturated heterocycles. The van der Waals surface area contributed by atoms with Gasteiger partial charge in [0.1, 0.15) is 12.6 Å². The maximum absolute atomic E-state index is 14.0. The summed E-state index contributed by atoms with van der Waals surface area (Å²) < 4.78 is 28.8. The van der Waals surface area contributed by atoms with Crippen LogP contribution in [0.25, 0.3) is 0 Å². The molecule has 40 heavy (non-hydrogen) atoms. The number of nitrogens with zero attached hydrogens (tertiary/aromatic N) is 2. The zero-order chi connectivity index (χ0) is 29.4. The lowest BCUT2D eigenvalue weighted by molar-refractivity contribution is -0.139. The molecule has 0 bridgehead atoms. The van der Waals surface area contributed by atoms with E-state index in [1.807, 2.05) is 45.0 Å². The molecule has 7 nitrogen and oxygen atoms in total. The Morgan fingerprint density at radius 2 is 1.62 bits per heavy atom. The van der Waals surface area contributed by atoms with E-state index >= 15 is 0 Å². The van der Waals surface area contributed by atoms with Gasteiger partial charge in [-0.3, -0.25) is 13.9 Å². The highest BCUT2D eigenvalue weighted by molar-refractivity contribution is 7.92. The van der Waals surface area contributed by atoms with E-state index in [2.05, 4.69) is 5.32 Å². The summed E-state index contributed by atoms with van der Waals surface area (Å²) in [5.41, 5.74) is 2.77. The summed E-state index contributed by atoms with van der Waals surface area (Å²) in [6, 6.07) is 17.7. The molecule has 0 saturated carbocycles. The van der Waals surface area contributed by atoms with Gasteiger partial charge < -0.3 is 10.2 Å². The average molecular weight is 605 g/mol. The summed E-state index contributed by atoms with van der Waals surface area (Å²) in [6.45, 7) is 7.46. The molecule has 0 aliphatic heterocycles. The van der Waals surface area contributed by atoms with Gasteiger partial charge in [0.25, 0.3) is 10.0 Å². The first-order valence-electron chi connectivity index (χ1n) is 13.1. The molecule has 0 spiro atoms. The molecule has 0 radical (unpaired) electrons. The van der Waals surface area contributed by atoms with E-state index < -0.39 is 28.5 Å². The minimum absolute atomic E-state index is 0.00228. The van der Waals surface area contributed by atoms with Crippen molar-refractivity contribution in [3.63, 3.8) is 0 Å². The van der Waals surface area contributed by atoms with Crippen LogP contribution in [0.3, 0.4) is 0 Å². The van der Waals surface area contributed by atoms with E-state index in [1.54, 1.807) is 31.2 Å². The van der Waals surface area contributed by atoms with Gasteiger partial charge in [0.15, 0.2) is 0 Å². The van der Waals surface area contributed by atoms with E-state index in [-0.39, 0.29) is 33.1 Å². The number of nitrogens with one attached hydrogen (secondary N) is 1. The highest BCUT2D eigenvalue weighted by Gasteiger charge is 2.33. The molecular weight excluding hydrogens is 569 g/mol. The van der Waals surface area contributed by atoms with Crippen LogP contribution in [0, 0.1) is 13.8 Å². The Bertz CT molecular complexity index is 1450. The summed E-state index contributed by atoms with van der Waals surface area (Å²) in [7, 11) is -4.24. The van der Waals surface area contributed by atoms with Crippen molar-refractivity contribution in [1.29, 1.82) is 0 Å². The van der Waals surface area contributed by atoms with Crippen molar-refractivity contribution in [2.75, 3.05) is 17.4 Å². The van der Waals surface area contributed by atoms with Crippen LogP contribution < -0.4 is 9.62 Å². The molecular formula is C30H35Cl2N3O4S. The Morgan fingerprint density at radius 1 is 0.950 bits per heavy atom. The fraction of sp³-hybridized carbons (Fsp3) is 0.333. The minimum atomic E-state index is -4.24. The van der Waals surface area contributed by atoms with E-state index in [9.17, 15) is 18.0 Å². The van der Waals surface area contributed by atoms with E-state index in [1.165, 1.54) is 23.1 Å². The number of hydrogen-bond acceptors (Lipinski definition) is 4. The van der Waals surface area contributed by atoms with Gasteiger partial charge in [-0.2, -0.15) is 0 Å². The van der Waals surface area contributed by atoms with E-state index in [0.29, 0.717) is 6.54 Å². The van der Waals surface area contributed by atoms with Crippen molar-refractivity contribution in [1.82, 2.24) is 10.2 Å². The third-order valence-corrected chi connectivity index (χ3v) is 9.10. The predicted octanol–water partition coefficient (Wildman–Crippen LogP) is 6.14. The van der Waals surface area contributed by atoms with Gasteiger partial charge in [0.05, 0.1) is 20.6 Å². The number of unbranched alkanes of at least 4 members (excludes halogenated alkanes) is 1. The zero-order valence-corrected chi connectivity index (χ0v) is 25.5. The van der Waals surface area contributed by atoms with Crippen molar-refractivity contribution in [3.8, 4) is 0 Å². The van der Waals surface area contributed by atoms with Crippen LogP contribution in [0.15, 0.2) is 71.6 Å². The number of aryl methyl sites for hydroxylation is 2. The van der Waals surface area contributed by atoms with Crippen molar-refractivity contribution in [2.45, 2.75) is 58.0 Å². The second kappa shape index (κ2) is 14.0. The molecule has 0 aliphatic rings. The number of benzene rings is 3. The molecule has 3 rings (SSSR count). The molecule has 214 valence electrons. The largest absolute Gasteiger partial charge is 0.354 e. The highest BCUT2D eigenvalue weighted by atomic mass is 35.5. The van der Waals surface area contributed by atoms with Crippen LogP contribution >= 0.6 is 23.2 Å². The Morgan fingerprint density at radius 3 is 2.27 bits per heavy atom. The summed E-state index contributed by atoms with van der Waals surface area (Å²) >= 11 is 12.7. The number of halogens is 2. The monoisotopic (exact) mass is 603 g/mol. The van der Waals surface area contributed by atoms with Gasteiger partial charge in [0.2, 0.25) is 11.8 Å². The lowest BCUT2D eigenvalue weighted by atomic mass is 10.1. The smallest absolute Gasteiger partial charge is 0.264 e. The van der Waals surface area contributed by atoms with Crippen LogP contribution in [0.5, 0.6) is 0 Å². The quantitative estimate of drug-likeness (QED) is 0.252. The molecule has 0 fully saturated rings. The molecule has 3 aromatic rings. The van der Waals surface area contributed by atoms with Crippen molar-refractivity contribution >= 4 is 50.7 Å². The van der Waals surface area contributed by atoms with Crippen molar-refractivity contribution < 1.29 is 18.0 Å². The minimum Gasteiger partial charge on any atom is -0.354 e. The fourth-order valence-corrected chi connectivity index (χ4v) is 6.04. The Kier molecular flexibility index (Phi) is 11.0. The number of rotatable bonds is 12. The average Bonchev–Trinajstić information content (AvgIpc) is 2.92. The van der Waals surface area contributed by atoms with Crippen LogP contribution in [-0.2, 0) is 26.2 Å². The normalized spacial score (nSPS) is 12.1. The van der Waals surface area contributed by atoms with E-state index in [4.69, 9.17) is 23.2 Å². The number of amides is 2. The molecule has 3 aromatic carbocycles. The second-order valence-electron chi connectivity index (χ2n) is 9.73. The topological polar surface area (TPSA) is 86.8 Å². The molecule has 0 aliphatic carbocycles. The molecule has 0 unspecified atom stereocenters. The fourth-order valence-electron chi connectivity index (χ4n) is 4.16. The standard InChI is InChI=1S/C30H35Cl2N3O4S/c1-5-6-17-33-30(37)23(4)34(19-24-10-7-9-22(3)18-24)28(36)20-35(27-12-8-11-26(31)29(27)32)40(38,39)25-15-13-21(2)14-16-25/h7-16,18,23H,5-6,17,19-20H2,1-4H3,(H,33,37)/t23-/m0/s1. The van der Waals surface area contributed by atoms with Crippen LogP contribution in [0.1, 0.15) is 43.4 Å². The maximum Gasteiger partial charge on any atom is 0.264 e. The molecule has 1 atom stereocenters. The van der Waals surface area contributed by atoms with Gasteiger partial charge in [0, 0.05) is 13.1 Å². The number of hydrogen-bond donors (Lipinski definition) is 1. The van der Waals surface area contributed by atoms with Gasteiger partial charge in [-0.15, -0.1) is 0 Å². The Labute approximate surface area is 247 Å². The first-order valence-corrected chi connectivity index (χ1v) is 15.3. The van der Waals surface area contributed by atoms with Crippen molar-refractivity contribution in [2.24, 2.45) is 0 Å². The SMILES string of the molecule is CCCCNC(=O)[C@H](C)N(Cc1cccc(C)c1)C(=O)CN(c1cccc(Cl)c1Cl)S(=O)(=O)c1ccc(C)cc1.